The van der Waals surface area contributed by atoms with Crippen molar-refractivity contribution >= 4 is 12.0 Å². The predicted molar refractivity (Wildman–Crippen MR) is 89.5 cm³/mol. The van der Waals surface area contributed by atoms with Crippen LogP contribution in [0.25, 0.3) is 6.08 Å². The smallest absolute Gasteiger partial charge is 0.265 e. The van der Waals surface area contributed by atoms with Gasteiger partial charge in [-0.25, -0.2) is 0 Å². The number of aromatic nitrogens is 2. The summed E-state index contributed by atoms with van der Waals surface area (Å²) in [4.78, 5) is 29.8. The molecule has 3 heterocycles. The number of rotatable bonds is 3. The summed E-state index contributed by atoms with van der Waals surface area (Å²) in [6, 6.07) is -0.805. The van der Waals surface area contributed by atoms with Crippen LogP contribution in [0.1, 0.15) is 44.6 Å². The minimum atomic E-state index is -1.75. The molecule has 3 rings (SSSR count). The highest BCUT2D eigenvalue weighted by Gasteiger charge is 2.47. The lowest BCUT2D eigenvalue weighted by atomic mass is 9.91. The third-order valence-electron chi connectivity index (χ3n) is 4.80. The van der Waals surface area contributed by atoms with Crippen LogP contribution >= 0.6 is 0 Å². The molecule has 2 aliphatic rings. The van der Waals surface area contributed by atoms with Gasteiger partial charge in [-0.2, -0.15) is 4.98 Å². The highest BCUT2D eigenvalue weighted by Crippen LogP contribution is 2.34. The minimum absolute atomic E-state index is 0.0598. The summed E-state index contributed by atoms with van der Waals surface area (Å²) in [7, 11) is 1.47. The van der Waals surface area contributed by atoms with E-state index in [0.29, 0.717) is 12.2 Å². The molecule has 0 radical (unpaired) electrons. The average molecular weight is 347 g/mol. The van der Waals surface area contributed by atoms with E-state index in [2.05, 4.69) is 10.3 Å². The summed E-state index contributed by atoms with van der Waals surface area (Å²) >= 11 is 0. The van der Waals surface area contributed by atoms with Crippen molar-refractivity contribution in [2.24, 2.45) is 5.92 Å². The topological polar surface area (TPSA) is 103 Å². The lowest BCUT2D eigenvalue weighted by Crippen LogP contribution is -2.60. The van der Waals surface area contributed by atoms with Crippen LogP contribution in [0.2, 0.25) is 0 Å². The second-order valence-corrected chi connectivity index (χ2v) is 6.24. The van der Waals surface area contributed by atoms with Crippen molar-refractivity contribution in [1.82, 2.24) is 14.9 Å². The third-order valence-corrected chi connectivity index (χ3v) is 4.80. The first-order chi connectivity index (χ1) is 11.8. The van der Waals surface area contributed by atoms with E-state index in [-0.39, 0.29) is 23.2 Å². The number of amides is 1. The Bertz CT molecular complexity index is 841. The zero-order valence-corrected chi connectivity index (χ0v) is 14.6. The zero-order chi connectivity index (χ0) is 18.4. The Morgan fingerprint density at radius 2 is 2.24 bits per heavy atom. The van der Waals surface area contributed by atoms with Gasteiger partial charge in [-0.3, -0.25) is 14.2 Å². The predicted octanol–water partition coefficient (Wildman–Crippen LogP) is 1.02. The number of hydrogen-bond donors (Lipinski definition) is 2. The minimum Gasteiger partial charge on any atom is -0.497 e. The van der Waals surface area contributed by atoms with Gasteiger partial charge in [-0.05, 0) is 19.4 Å². The lowest BCUT2D eigenvalue weighted by molar-refractivity contribution is -0.144. The molecule has 25 heavy (non-hydrogen) atoms. The summed E-state index contributed by atoms with van der Waals surface area (Å²) in [6.45, 7) is 5.24. The summed E-state index contributed by atoms with van der Waals surface area (Å²) in [5.41, 5.74) is -2.05. The fraction of sp³-hybridized carbons (Fsp3) is 0.471. The number of carbonyl (C=O) groups excluding carboxylic acids is 1. The van der Waals surface area contributed by atoms with Gasteiger partial charge in [0.05, 0.1) is 13.4 Å². The Morgan fingerprint density at radius 3 is 2.88 bits per heavy atom. The van der Waals surface area contributed by atoms with Crippen LogP contribution in [0.4, 0.5) is 0 Å². The molecular formula is C17H21N3O5. The van der Waals surface area contributed by atoms with E-state index in [1.54, 1.807) is 19.9 Å². The first-order valence-electron chi connectivity index (χ1n) is 8.13. The van der Waals surface area contributed by atoms with E-state index in [4.69, 9.17) is 9.47 Å². The van der Waals surface area contributed by atoms with Crippen LogP contribution in [0.5, 0.6) is 5.88 Å². The normalized spacial score (nSPS) is 25.7. The van der Waals surface area contributed by atoms with Gasteiger partial charge < -0.3 is 19.9 Å². The number of aliphatic hydroxyl groups is 1. The quantitative estimate of drug-likeness (QED) is 0.846. The Labute approximate surface area is 144 Å². The van der Waals surface area contributed by atoms with Crippen molar-refractivity contribution in [2.45, 2.75) is 39.0 Å². The maximum Gasteiger partial charge on any atom is 0.265 e. The molecule has 2 N–H and O–H groups in total. The molecular weight excluding hydrogens is 326 g/mol. The Hall–Kier alpha value is -2.61. The third kappa shape index (κ3) is 2.53. The van der Waals surface area contributed by atoms with Crippen LogP contribution in [0.15, 0.2) is 22.9 Å². The van der Waals surface area contributed by atoms with Gasteiger partial charge in [-0.15, -0.1) is 0 Å². The monoisotopic (exact) mass is 347 g/mol. The maximum absolute atomic E-state index is 13.1. The molecule has 1 unspecified atom stereocenters. The fourth-order valence-electron chi connectivity index (χ4n) is 2.96. The molecule has 1 amide bonds. The summed E-state index contributed by atoms with van der Waals surface area (Å²) < 4.78 is 11.8. The molecule has 8 nitrogen and oxygen atoms in total. The van der Waals surface area contributed by atoms with E-state index in [0.717, 1.165) is 0 Å². The number of methoxy groups -OCH3 is 1. The number of nitrogens with one attached hydrogen (secondary N) is 1. The molecule has 0 fully saturated rings. The van der Waals surface area contributed by atoms with Gasteiger partial charge >= 0.3 is 0 Å². The van der Waals surface area contributed by atoms with Crippen molar-refractivity contribution in [3.05, 3.63) is 39.8 Å². The molecule has 134 valence electrons. The zero-order valence-electron chi connectivity index (χ0n) is 14.6. The van der Waals surface area contributed by atoms with E-state index in [1.165, 1.54) is 24.0 Å². The molecule has 0 spiro atoms. The SMILES string of the molecule is CCC(C)[C@@]1(O)NC(=O)[C@@H](C)n2c1nc1c(c2=O)C=C(OC)C=CO1. The fourth-order valence-corrected chi connectivity index (χ4v) is 2.96. The highest BCUT2D eigenvalue weighted by atomic mass is 16.5. The van der Waals surface area contributed by atoms with Crippen LogP contribution in [0.3, 0.4) is 0 Å². The summed E-state index contributed by atoms with van der Waals surface area (Å²) in [6.07, 6.45) is 4.99. The van der Waals surface area contributed by atoms with E-state index < -0.39 is 23.2 Å². The van der Waals surface area contributed by atoms with Crippen LogP contribution < -0.4 is 15.6 Å². The molecule has 1 aromatic rings. The van der Waals surface area contributed by atoms with Gasteiger partial charge in [0.1, 0.15) is 17.4 Å². The first kappa shape index (κ1) is 17.2. The maximum atomic E-state index is 13.1. The number of hydrogen-bond acceptors (Lipinski definition) is 6. The molecule has 3 atom stereocenters. The van der Waals surface area contributed by atoms with Crippen LogP contribution in [0, 0.1) is 5.92 Å². The molecule has 8 heteroatoms. The van der Waals surface area contributed by atoms with Crippen molar-refractivity contribution in [2.75, 3.05) is 7.11 Å². The van der Waals surface area contributed by atoms with Crippen molar-refractivity contribution < 1.29 is 19.4 Å². The van der Waals surface area contributed by atoms with Crippen molar-refractivity contribution in [1.29, 1.82) is 0 Å². The molecule has 2 aliphatic heterocycles. The summed E-state index contributed by atoms with van der Waals surface area (Å²) in [5.74, 6) is -0.248. The molecule has 0 saturated carbocycles. The molecule has 0 aromatic carbocycles. The van der Waals surface area contributed by atoms with Gasteiger partial charge in [0.2, 0.25) is 17.5 Å². The number of allylic oxidation sites excluding steroid dienone is 1. The lowest BCUT2D eigenvalue weighted by Gasteiger charge is -2.40. The summed E-state index contributed by atoms with van der Waals surface area (Å²) in [5, 5.41) is 13.7. The Kier molecular flexibility index (Phi) is 4.16. The number of fused-ring (bicyclic) bond motifs is 2. The largest absolute Gasteiger partial charge is 0.497 e. The Morgan fingerprint density at radius 1 is 1.52 bits per heavy atom. The molecule has 1 aromatic heterocycles. The van der Waals surface area contributed by atoms with Gasteiger partial charge in [0.15, 0.2) is 5.82 Å². The van der Waals surface area contributed by atoms with Gasteiger partial charge in [0.25, 0.3) is 5.56 Å². The molecule has 0 aliphatic carbocycles. The van der Waals surface area contributed by atoms with E-state index >= 15 is 0 Å². The number of carbonyl (C=O) groups is 1. The Balaban J connectivity index is 2.32. The van der Waals surface area contributed by atoms with Crippen molar-refractivity contribution in [3.8, 4) is 5.88 Å². The van der Waals surface area contributed by atoms with E-state index in [1.807, 2.05) is 6.92 Å². The molecule has 0 saturated heterocycles. The van der Waals surface area contributed by atoms with Crippen LogP contribution in [-0.2, 0) is 15.3 Å². The van der Waals surface area contributed by atoms with Gasteiger partial charge in [0, 0.05) is 12.0 Å². The standard InChI is InChI=1S/C17H21N3O5/c1-5-9(2)17(23)16-18-14-12(8-11(24-4)6-7-25-14)15(22)20(16)10(3)13(21)19-17/h6-10,23H,5H2,1-4H3,(H,19,21)/t9?,10-,17+/m1/s1. The van der Waals surface area contributed by atoms with Crippen LogP contribution in [-0.4, -0.2) is 27.7 Å². The second kappa shape index (κ2) is 6.03. The highest BCUT2D eigenvalue weighted by molar-refractivity contribution is 5.82. The van der Waals surface area contributed by atoms with E-state index in [9.17, 15) is 14.7 Å². The number of nitrogens with zero attached hydrogens (tertiary/aromatic N) is 2. The number of ether oxygens (including phenoxy) is 2. The average Bonchev–Trinajstić information content (AvgIpc) is 2.81. The van der Waals surface area contributed by atoms with Gasteiger partial charge in [-0.1, -0.05) is 13.8 Å². The van der Waals surface area contributed by atoms with Crippen molar-refractivity contribution in [3.63, 3.8) is 0 Å². The second-order valence-electron chi connectivity index (χ2n) is 6.24. The first-order valence-corrected chi connectivity index (χ1v) is 8.13. The molecule has 0 bridgehead atoms.